The van der Waals surface area contributed by atoms with Crippen molar-refractivity contribution in [3.63, 3.8) is 0 Å². The minimum absolute atomic E-state index is 0.0647. The molecule has 1 unspecified atom stereocenters. The van der Waals surface area contributed by atoms with Gasteiger partial charge in [-0.15, -0.1) is 0 Å². The monoisotopic (exact) mass is 342 g/mol. The molecule has 0 saturated carbocycles. The highest BCUT2D eigenvalue weighted by atomic mass is 19.1. The van der Waals surface area contributed by atoms with Crippen LogP contribution in [0.4, 0.5) is 4.39 Å². The Bertz CT molecular complexity index is 959. The molecule has 2 aromatic heterocycles. The molecule has 4 rings (SSSR count). The summed E-state index contributed by atoms with van der Waals surface area (Å²) in [5, 5.41) is 3.82. The van der Waals surface area contributed by atoms with Gasteiger partial charge < -0.3 is 14.0 Å². The minimum Gasteiger partial charge on any atom is -0.481 e. The lowest BCUT2D eigenvalue weighted by Gasteiger charge is -2.22. The quantitative estimate of drug-likeness (QED) is 0.667. The second-order valence-corrected chi connectivity index (χ2v) is 5.27. The summed E-state index contributed by atoms with van der Waals surface area (Å²) in [6.07, 6.45) is 0.556. The van der Waals surface area contributed by atoms with Crippen LogP contribution in [0.1, 0.15) is 27.9 Å². The van der Waals surface area contributed by atoms with E-state index >= 15 is 0 Å². The first-order chi connectivity index (χ1) is 12.2. The number of cyclic esters (lactones) is 1. The third kappa shape index (κ3) is 2.69. The first-order valence-electron chi connectivity index (χ1n) is 7.34. The van der Waals surface area contributed by atoms with Crippen LogP contribution in [-0.4, -0.2) is 33.2 Å². The topological polar surface area (TPSA) is 100 Å². The van der Waals surface area contributed by atoms with E-state index < -0.39 is 17.9 Å². The summed E-state index contributed by atoms with van der Waals surface area (Å²) in [4.78, 5) is 24.2. The minimum atomic E-state index is -0.859. The number of fused-ring (bicyclic) bond motifs is 1. The molecule has 0 aliphatic carbocycles. The number of benzene rings is 1. The van der Waals surface area contributed by atoms with Crippen LogP contribution in [-0.2, 0) is 11.2 Å². The Labute approximate surface area is 140 Å². The van der Waals surface area contributed by atoms with Gasteiger partial charge in [0.1, 0.15) is 17.8 Å². The van der Waals surface area contributed by atoms with Crippen molar-refractivity contribution in [1.29, 1.82) is 0 Å². The van der Waals surface area contributed by atoms with Crippen LogP contribution in [0.25, 0.3) is 11.5 Å². The number of methoxy groups -OCH3 is 1. The van der Waals surface area contributed by atoms with Gasteiger partial charge in [-0.2, -0.15) is 4.98 Å². The van der Waals surface area contributed by atoms with Crippen LogP contribution in [0.3, 0.4) is 0 Å². The SMILES string of the molecule is COc1cc(-c2noc(C3Cc4c(F)cccc4C(=O)O3)n2)ncn1. The fourth-order valence-electron chi connectivity index (χ4n) is 2.56. The molecule has 1 aliphatic heterocycles. The molecular weight excluding hydrogens is 331 g/mol. The molecule has 1 aliphatic rings. The molecule has 0 N–H and O–H groups in total. The van der Waals surface area contributed by atoms with Crippen molar-refractivity contribution in [1.82, 2.24) is 20.1 Å². The molecule has 0 spiro atoms. The van der Waals surface area contributed by atoms with E-state index in [4.69, 9.17) is 14.0 Å². The Kier molecular flexibility index (Phi) is 3.60. The number of halogens is 1. The predicted octanol–water partition coefficient (Wildman–Crippen LogP) is 2.13. The highest BCUT2D eigenvalue weighted by molar-refractivity contribution is 5.92. The van der Waals surface area contributed by atoms with Gasteiger partial charge in [0.05, 0.1) is 12.7 Å². The third-order valence-corrected chi connectivity index (χ3v) is 3.77. The van der Waals surface area contributed by atoms with E-state index in [-0.39, 0.29) is 29.3 Å². The van der Waals surface area contributed by atoms with Gasteiger partial charge in [-0.1, -0.05) is 11.2 Å². The fraction of sp³-hybridized carbons (Fsp3) is 0.188. The number of rotatable bonds is 3. The number of aromatic nitrogens is 4. The fourth-order valence-corrected chi connectivity index (χ4v) is 2.56. The van der Waals surface area contributed by atoms with E-state index in [0.717, 1.165) is 0 Å². The number of carbonyl (C=O) groups is 1. The summed E-state index contributed by atoms with van der Waals surface area (Å²) in [5.41, 5.74) is 0.860. The zero-order valence-electron chi connectivity index (χ0n) is 13.0. The van der Waals surface area contributed by atoms with Crippen molar-refractivity contribution in [2.24, 2.45) is 0 Å². The molecule has 0 fully saturated rings. The molecule has 9 heteroatoms. The molecule has 1 atom stereocenters. The number of carbonyl (C=O) groups excluding carboxylic acids is 1. The smallest absolute Gasteiger partial charge is 0.339 e. The van der Waals surface area contributed by atoms with Crippen molar-refractivity contribution < 1.29 is 23.2 Å². The molecule has 25 heavy (non-hydrogen) atoms. The van der Waals surface area contributed by atoms with Crippen LogP contribution in [0.5, 0.6) is 5.88 Å². The second-order valence-electron chi connectivity index (χ2n) is 5.27. The summed E-state index contributed by atoms with van der Waals surface area (Å²) in [6, 6.07) is 5.81. The Balaban J connectivity index is 1.65. The van der Waals surface area contributed by atoms with Crippen molar-refractivity contribution in [2.45, 2.75) is 12.5 Å². The molecular formula is C16H11FN4O4. The molecule has 8 nitrogen and oxygen atoms in total. The van der Waals surface area contributed by atoms with Crippen molar-refractivity contribution >= 4 is 5.97 Å². The van der Waals surface area contributed by atoms with Crippen LogP contribution in [0.2, 0.25) is 0 Å². The molecule has 0 bridgehead atoms. The number of ether oxygens (including phenoxy) is 2. The van der Waals surface area contributed by atoms with E-state index in [1.807, 2.05) is 0 Å². The van der Waals surface area contributed by atoms with Crippen LogP contribution < -0.4 is 4.74 Å². The average molecular weight is 342 g/mol. The maximum atomic E-state index is 14.0. The van der Waals surface area contributed by atoms with Crippen molar-refractivity contribution in [3.05, 3.63) is 53.4 Å². The highest BCUT2D eigenvalue weighted by Crippen LogP contribution is 2.32. The number of esters is 1. The van der Waals surface area contributed by atoms with Crippen LogP contribution in [0.15, 0.2) is 35.1 Å². The Morgan fingerprint density at radius 2 is 2.20 bits per heavy atom. The van der Waals surface area contributed by atoms with Gasteiger partial charge in [0, 0.05) is 18.1 Å². The normalized spacial score (nSPS) is 16.2. The van der Waals surface area contributed by atoms with Gasteiger partial charge in [0.25, 0.3) is 5.89 Å². The van der Waals surface area contributed by atoms with Gasteiger partial charge >= 0.3 is 5.97 Å². The molecule has 3 heterocycles. The lowest BCUT2D eigenvalue weighted by molar-refractivity contribution is 0.0163. The number of hydrogen-bond acceptors (Lipinski definition) is 8. The van der Waals surface area contributed by atoms with Crippen LogP contribution in [0, 0.1) is 5.82 Å². The van der Waals surface area contributed by atoms with Gasteiger partial charge in [-0.3, -0.25) is 0 Å². The van der Waals surface area contributed by atoms with Gasteiger partial charge in [-0.05, 0) is 12.1 Å². The largest absolute Gasteiger partial charge is 0.481 e. The first kappa shape index (κ1) is 15.2. The number of nitrogens with zero attached hydrogens (tertiary/aromatic N) is 4. The Morgan fingerprint density at radius 1 is 1.32 bits per heavy atom. The first-order valence-corrected chi connectivity index (χ1v) is 7.34. The maximum absolute atomic E-state index is 14.0. The summed E-state index contributed by atoms with van der Waals surface area (Å²) in [5.74, 6) is -0.508. The van der Waals surface area contributed by atoms with E-state index in [1.54, 1.807) is 0 Å². The van der Waals surface area contributed by atoms with Crippen molar-refractivity contribution in [2.75, 3.05) is 7.11 Å². The molecule has 0 saturated heterocycles. The van der Waals surface area contributed by atoms with Crippen LogP contribution >= 0.6 is 0 Å². The molecule has 3 aromatic rings. The van der Waals surface area contributed by atoms with E-state index in [9.17, 15) is 9.18 Å². The second kappa shape index (κ2) is 5.93. The predicted molar refractivity (Wildman–Crippen MR) is 80.1 cm³/mol. The zero-order chi connectivity index (χ0) is 17.4. The zero-order valence-corrected chi connectivity index (χ0v) is 13.0. The van der Waals surface area contributed by atoms with Gasteiger partial charge in [-0.25, -0.2) is 19.2 Å². The lowest BCUT2D eigenvalue weighted by Crippen LogP contribution is -2.23. The molecule has 0 amide bonds. The van der Waals surface area contributed by atoms with E-state index in [1.165, 1.54) is 37.7 Å². The molecule has 1 aromatic carbocycles. The lowest BCUT2D eigenvalue weighted by atomic mass is 9.98. The summed E-state index contributed by atoms with van der Waals surface area (Å²) in [6.45, 7) is 0. The van der Waals surface area contributed by atoms with Gasteiger partial charge in [0.15, 0.2) is 6.10 Å². The van der Waals surface area contributed by atoms with E-state index in [0.29, 0.717) is 11.6 Å². The van der Waals surface area contributed by atoms with Gasteiger partial charge in [0.2, 0.25) is 11.7 Å². The summed E-state index contributed by atoms with van der Waals surface area (Å²) >= 11 is 0. The molecule has 0 radical (unpaired) electrons. The third-order valence-electron chi connectivity index (χ3n) is 3.77. The standard InChI is InChI=1S/C16H11FN4O4/c1-23-13-6-11(18-7-19-13)14-20-15(25-21-14)12-5-9-8(16(22)24-12)3-2-4-10(9)17/h2-4,6-7,12H,5H2,1H3. The Hall–Kier alpha value is -3.36. The number of hydrogen-bond donors (Lipinski definition) is 0. The Morgan fingerprint density at radius 3 is 3.04 bits per heavy atom. The summed E-state index contributed by atoms with van der Waals surface area (Å²) < 4.78 is 29.5. The molecule has 126 valence electrons. The maximum Gasteiger partial charge on any atom is 0.339 e. The highest BCUT2D eigenvalue weighted by Gasteiger charge is 2.33. The van der Waals surface area contributed by atoms with Crippen molar-refractivity contribution in [3.8, 4) is 17.4 Å². The van der Waals surface area contributed by atoms with E-state index in [2.05, 4.69) is 20.1 Å². The average Bonchev–Trinajstić information content (AvgIpc) is 3.13. The summed E-state index contributed by atoms with van der Waals surface area (Å²) in [7, 11) is 1.47.